The molecule has 0 radical (unpaired) electrons. The Kier molecular flexibility index (Phi) is 6.70. The topological polar surface area (TPSA) is 68.2 Å². The minimum Gasteiger partial charge on any atom is -0.497 e. The molecule has 4 aromatic rings. The number of unbranched alkanes of at least 4 members (excludes halogenated alkanes) is 1. The molecule has 1 aromatic heterocycles. The van der Waals surface area contributed by atoms with Gasteiger partial charge in [-0.3, -0.25) is 9.36 Å². The molecule has 1 amide bonds. The van der Waals surface area contributed by atoms with Crippen molar-refractivity contribution in [2.24, 2.45) is 0 Å². The van der Waals surface area contributed by atoms with Crippen LogP contribution in [0.3, 0.4) is 0 Å². The Labute approximate surface area is 188 Å². The zero-order valence-corrected chi connectivity index (χ0v) is 18.5. The molecule has 0 aliphatic carbocycles. The average molecular weight is 429 g/mol. The van der Waals surface area contributed by atoms with Gasteiger partial charge < -0.3 is 15.4 Å². The third-order valence-corrected chi connectivity index (χ3v) is 5.32. The molecule has 2 N–H and O–H groups in total. The first-order chi connectivity index (χ1) is 15.7. The van der Waals surface area contributed by atoms with Crippen LogP contribution in [0.1, 0.15) is 31.7 Å². The van der Waals surface area contributed by atoms with Gasteiger partial charge in [-0.25, -0.2) is 4.98 Å². The number of imidazole rings is 1. The zero-order chi connectivity index (χ0) is 22.3. The average Bonchev–Trinajstić information content (AvgIpc) is 3.20. The minimum absolute atomic E-state index is 0.0599. The Morgan fingerprint density at radius 1 is 1.03 bits per heavy atom. The molecule has 0 unspecified atom stereocenters. The molecule has 6 heteroatoms. The van der Waals surface area contributed by atoms with Crippen molar-refractivity contribution in [3.63, 3.8) is 0 Å². The quantitative estimate of drug-likeness (QED) is 0.355. The van der Waals surface area contributed by atoms with Gasteiger partial charge in [0.2, 0.25) is 11.9 Å². The molecule has 1 heterocycles. The van der Waals surface area contributed by atoms with E-state index in [0.717, 1.165) is 52.5 Å². The highest BCUT2D eigenvalue weighted by molar-refractivity contribution is 5.90. The number of para-hydroxylation sites is 2. The van der Waals surface area contributed by atoms with Crippen LogP contribution >= 0.6 is 0 Å². The lowest BCUT2D eigenvalue weighted by Crippen LogP contribution is -2.11. The number of ether oxygens (including phenoxy) is 1. The van der Waals surface area contributed by atoms with Crippen LogP contribution in [0.4, 0.5) is 11.6 Å². The first-order valence-electron chi connectivity index (χ1n) is 10.9. The number of carbonyl (C=O) groups is 1. The highest BCUT2D eigenvalue weighted by atomic mass is 16.5. The van der Waals surface area contributed by atoms with E-state index in [9.17, 15) is 4.79 Å². The van der Waals surface area contributed by atoms with E-state index in [1.54, 1.807) is 7.11 Å². The maximum atomic E-state index is 11.9. The zero-order valence-electron chi connectivity index (χ0n) is 18.5. The third-order valence-electron chi connectivity index (χ3n) is 5.32. The lowest BCUT2D eigenvalue weighted by Gasteiger charge is -2.12. The van der Waals surface area contributed by atoms with Gasteiger partial charge in [-0.2, -0.15) is 0 Å². The van der Waals surface area contributed by atoms with Gasteiger partial charge in [0.05, 0.1) is 23.8 Å². The minimum atomic E-state index is 0.0599. The maximum Gasteiger partial charge on any atom is 0.224 e. The number of rotatable bonds is 9. The maximum absolute atomic E-state index is 11.9. The molecule has 0 aliphatic rings. The van der Waals surface area contributed by atoms with Crippen molar-refractivity contribution in [3.05, 3.63) is 78.4 Å². The van der Waals surface area contributed by atoms with Gasteiger partial charge in [0, 0.05) is 24.7 Å². The molecule has 164 valence electrons. The Bertz CT molecular complexity index is 1200. The van der Waals surface area contributed by atoms with Crippen LogP contribution in [0.5, 0.6) is 5.75 Å². The number of fused-ring (bicyclic) bond motifs is 1. The predicted molar refractivity (Wildman–Crippen MR) is 130 cm³/mol. The molecule has 0 saturated carbocycles. The second kappa shape index (κ2) is 10.0. The number of methoxy groups -OCH3 is 1. The Morgan fingerprint density at radius 2 is 1.84 bits per heavy atom. The van der Waals surface area contributed by atoms with Crippen molar-refractivity contribution in [1.82, 2.24) is 9.55 Å². The fraction of sp³-hybridized carbons (Fsp3) is 0.231. The van der Waals surface area contributed by atoms with Crippen LogP contribution in [-0.2, 0) is 11.3 Å². The summed E-state index contributed by atoms with van der Waals surface area (Å²) in [5.41, 5.74) is 4.83. The third kappa shape index (κ3) is 4.91. The van der Waals surface area contributed by atoms with Gasteiger partial charge in [0.1, 0.15) is 5.75 Å². The molecule has 0 saturated heterocycles. The summed E-state index contributed by atoms with van der Waals surface area (Å²) in [6.07, 6.45) is 2.47. The van der Waals surface area contributed by atoms with Gasteiger partial charge in [-0.05, 0) is 48.4 Å². The van der Waals surface area contributed by atoms with E-state index in [2.05, 4.69) is 28.2 Å². The standard InChI is InChI=1S/C26H28N4O2/c1-3-4-12-25(31)28-20-15-13-19(14-16-20)18-27-26-29-23-10-5-6-11-24(23)30(26)21-8-7-9-22(17-21)32-2/h5-11,13-17H,3-4,12,18H2,1-2H3,(H,27,29)(H,28,31). The first-order valence-corrected chi connectivity index (χ1v) is 10.9. The van der Waals surface area contributed by atoms with E-state index in [1.807, 2.05) is 66.7 Å². The van der Waals surface area contributed by atoms with Gasteiger partial charge in [0.15, 0.2) is 0 Å². The van der Waals surface area contributed by atoms with E-state index in [-0.39, 0.29) is 5.91 Å². The van der Waals surface area contributed by atoms with Crippen LogP contribution < -0.4 is 15.4 Å². The van der Waals surface area contributed by atoms with E-state index in [1.165, 1.54) is 0 Å². The summed E-state index contributed by atoms with van der Waals surface area (Å²) >= 11 is 0. The SMILES string of the molecule is CCCCC(=O)Nc1ccc(CNc2nc3ccccc3n2-c2cccc(OC)c2)cc1. The Balaban J connectivity index is 1.53. The Morgan fingerprint density at radius 3 is 2.62 bits per heavy atom. The number of aromatic nitrogens is 2. The number of benzene rings is 3. The summed E-state index contributed by atoms with van der Waals surface area (Å²) in [6, 6.07) is 23.9. The van der Waals surface area contributed by atoms with Crippen molar-refractivity contribution >= 4 is 28.6 Å². The summed E-state index contributed by atoms with van der Waals surface area (Å²) in [5, 5.41) is 6.42. The second-order valence-electron chi connectivity index (χ2n) is 7.66. The predicted octanol–water partition coefficient (Wildman–Crippen LogP) is 5.77. The van der Waals surface area contributed by atoms with Crippen LogP contribution in [0.2, 0.25) is 0 Å². The lowest BCUT2D eigenvalue weighted by molar-refractivity contribution is -0.116. The molecule has 0 atom stereocenters. The van der Waals surface area contributed by atoms with E-state index in [4.69, 9.17) is 9.72 Å². The molecule has 4 rings (SSSR count). The lowest BCUT2D eigenvalue weighted by atomic mass is 10.2. The molecule has 0 bridgehead atoms. The number of anilines is 2. The smallest absolute Gasteiger partial charge is 0.224 e. The summed E-state index contributed by atoms with van der Waals surface area (Å²) in [7, 11) is 1.67. The summed E-state index contributed by atoms with van der Waals surface area (Å²) in [4.78, 5) is 16.7. The molecule has 6 nitrogen and oxygen atoms in total. The highest BCUT2D eigenvalue weighted by Crippen LogP contribution is 2.27. The highest BCUT2D eigenvalue weighted by Gasteiger charge is 2.13. The second-order valence-corrected chi connectivity index (χ2v) is 7.66. The van der Waals surface area contributed by atoms with Crippen molar-refractivity contribution in [2.75, 3.05) is 17.7 Å². The largest absolute Gasteiger partial charge is 0.497 e. The number of amides is 1. The molecule has 32 heavy (non-hydrogen) atoms. The fourth-order valence-electron chi connectivity index (χ4n) is 3.60. The first kappa shape index (κ1) is 21.4. The summed E-state index contributed by atoms with van der Waals surface area (Å²) in [5.74, 6) is 1.61. The Hall–Kier alpha value is -3.80. The van der Waals surface area contributed by atoms with Crippen LogP contribution in [0.15, 0.2) is 72.8 Å². The van der Waals surface area contributed by atoms with Gasteiger partial charge >= 0.3 is 0 Å². The van der Waals surface area contributed by atoms with Gasteiger partial charge in [-0.1, -0.05) is 43.7 Å². The molecular formula is C26H28N4O2. The molecule has 0 fully saturated rings. The van der Waals surface area contributed by atoms with Gasteiger partial charge in [-0.15, -0.1) is 0 Å². The number of nitrogens with one attached hydrogen (secondary N) is 2. The number of nitrogens with zero attached hydrogens (tertiary/aromatic N) is 2. The normalized spacial score (nSPS) is 10.8. The monoisotopic (exact) mass is 428 g/mol. The molecule has 0 aliphatic heterocycles. The van der Waals surface area contributed by atoms with Crippen LogP contribution in [-0.4, -0.2) is 22.6 Å². The van der Waals surface area contributed by atoms with Crippen molar-refractivity contribution in [1.29, 1.82) is 0 Å². The van der Waals surface area contributed by atoms with Crippen LogP contribution in [0.25, 0.3) is 16.7 Å². The van der Waals surface area contributed by atoms with Crippen LogP contribution in [0, 0.1) is 0 Å². The summed E-state index contributed by atoms with van der Waals surface area (Å²) < 4.78 is 7.51. The fourth-order valence-corrected chi connectivity index (χ4v) is 3.60. The van der Waals surface area contributed by atoms with Crippen molar-refractivity contribution in [2.45, 2.75) is 32.7 Å². The number of hydrogen-bond acceptors (Lipinski definition) is 4. The number of carbonyl (C=O) groups excluding carboxylic acids is 1. The van der Waals surface area contributed by atoms with E-state index >= 15 is 0 Å². The van der Waals surface area contributed by atoms with Crippen molar-refractivity contribution < 1.29 is 9.53 Å². The summed E-state index contributed by atoms with van der Waals surface area (Å²) in [6.45, 7) is 2.69. The number of hydrogen-bond donors (Lipinski definition) is 2. The van der Waals surface area contributed by atoms with E-state index in [0.29, 0.717) is 13.0 Å². The molecule has 3 aromatic carbocycles. The van der Waals surface area contributed by atoms with Gasteiger partial charge in [0.25, 0.3) is 0 Å². The molecule has 0 spiro atoms. The molecular weight excluding hydrogens is 400 g/mol. The van der Waals surface area contributed by atoms with Crippen molar-refractivity contribution in [3.8, 4) is 11.4 Å². The van der Waals surface area contributed by atoms with E-state index < -0.39 is 0 Å².